The molecule has 2 aromatic rings. The lowest BCUT2D eigenvalue weighted by atomic mass is 10.1. The maximum atomic E-state index is 5.93. The molecule has 1 fully saturated rings. The smallest absolute Gasteiger partial charge is 0.191 e. The predicted octanol–water partition coefficient (Wildman–Crippen LogP) is 4.00. The van der Waals surface area contributed by atoms with E-state index in [2.05, 4.69) is 15.6 Å². The number of hydrogen-bond acceptors (Lipinski definition) is 5. The van der Waals surface area contributed by atoms with Crippen molar-refractivity contribution in [1.82, 2.24) is 10.6 Å². The summed E-state index contributed by atoms with van der Waals surface area (Å²) in [6.07, 6.45) is 2.04. The highest BCUT2D eigenvalue weighted by Gasteiger charge is 2.15. The highest BCUT2D eigenvalue weighted by atomic mass is 127. The normalized spacial score (nSPS) is 15.6. The van der Waals surface area contributed by atoms with Crippen molar-refractivity contribution in [1.29, 1.82) is 0 Å². The van der Waals surface area contributed by atoms with Crippen LogP contribution in [0.25, 0.3) is 0 Å². The molecule has 0 aliphatic carbocycles. The number of aliphatic imine (C=N–C) groups is 1. The van der Waals surface area contributed by atoms with Crippen molar-refractivity contribution in [3.8, 4) is 11.5 Å². The molecule has 1 aliphatic heterocycles. The van der Waals surface area contributed by atoms with Crippen molar-refractivity contribution in [2.75, 3.05) is 47.1 Å². The van der Waals surface area contributed by atoms with Crippen LogP contribution in [0.3, 0.4) is 0 Å². The second-order valence-electron chi connectivity index (χ2n) is 7.77. The molecule has 1 aliphatic rings. The van der Waals surface area contributed by atoms with Gasteiger partial charge in [-0.3, -0.25) is 4.99 Å². The van der Waals surface area contributed by atoms with Gasteiger partial charge in [-0.2, -0.15) is 0 Å². The fourth-order valence-corrected chi connectivity index (χ4v) is 3.43. The van der Waals surface area contributed by atoms with Crippen LogP contribution in [-0.4, -0.2) is 53.1 Å². The van der Waals surface area contributed by atoms with Gasteiger partial charge in [-0.15, -0.1) is 24.0 Å². The van der Waals surface area contributed by atoms with Crippen molar-refractivity contribution >= 4 is 29.9 Å². The predicted molar refractivity (Wildman–Crippen MR) is 142 cm³/mol. The summed E-state index contributed by atoms with van der Waals surface area (Å²) in [4.78, 5) is 4.29. The first kappa shape index (κ1) is 27.2. The summed E-state index contributed by atoms with van der Waals surface area (Å²) in [5.41, 5.74) is 2.20. The monoisotopic (exact) mass is 569 g/mol. The standard InChI is InChI=1S/C25H35N3O4.HI/c1-26-25(27-12-6-13-30-17-22-11-14-31-18-22)28-16-21-9-10-23(24(15-21)29-2)32-19-20-7-4-3-5-8-20;/h3-5,7-10,15,22H,6,11-14,16-19H2,1-2H3,(H2,26,27,28);1H. The van der Waals surface area contributed by atoms with Crippen molar-refractivity contribution < 1.29 is 18.9 Å². The van der Waals surface area contributed by atoms with E-state index >= 15 is 0 Å². The van der Waals surface area contributed by atoms with Crippen LogP contribution in [0.4, 0.5) is 0 Å². The molecule has 0 radical (unpaired) electrons. The van der Waals surface area contributed by atoms with Crippen LogP contribution in [0.15, 0.2) is 53.5 Å². The molecule has 0 saturated carbocycles. The number of nitrogens with zero attached hydrogens (tertiary/aromatic N) is 1. The zero-order valence-electron chi connectivity index (χ0n) is 19.5. The first-order valence-electron chi connectivity index (χ1n) is 11.2. The lowest BCUT2D eigenvalue weighted by Gasteiger charge is -2.15. The molecular formula is C25H36IN3O4. The summed E-state index contributed by atoms with van der Waals surface area (Å²) in [6.45, 7) is 5.17. The second-order valence-corrected chi connectivity index (χ2v) is 7.77. The van der Waals surface area contributed by atoms with E-state index in [0.29, 0.717) is 24.8 Å². The zero-order chi connectivity index (χ0) is 22.4. The molecule has 0 aromatic heterocycles. The summed E-state index contributed by atoms with van der Waals surface area (Å²) in [5.74, 6) is 2.77. The molecule has 8 heteroatoms. The van der Waals surface area contributed by atoms with Gasteiger partial charge in [-0.25, -0.2) is 0 Å². The quantitative estimate of drug-likeness (QED) is 0.174. The minimum absolute atomic E-state index is 0. The van der Waals surface area contributed by atoms with Crippen LogP contribution < -0.4 is 20.1 Å². The van der Waals surface area contributed by atoms with Crippen molar-refractivity contribution in [3.05, 3.63) is 59.7 Å². The fraction of sp³-hybridized carbons (Fsp3) is 0.480. The highest BCUT2D eigenvalue weighted by Crippen LogP contribution is 2.28. The number of benzene rings is 2. The number of hydrogen-bond donors (Lipinski definition) is 2. The largest absolute Gasteiger partial charge is 0.493 e. The molecule has 2 N–H and O–H groups in total. The van der Waals surface area contributed by atoms with Crippen molar-refractivity contribution in [2.24, 2.45) is 10.9 Å². The molecule has 182 valence electrons. The number of rotatable bonds is 12. The molecule has 1 saturated heterocycles. The maximum absolute atomic E-state index is 5.93. The number of guanidine groups is 1. The Morgan fingerprint density at radius 1 is 1.09 bits per heavy atom. The van der Waals surface area contributed by atoms with Crippen LogP contribution in [0, 0.1) is 5.92 Å². The molecule has 1 heterocycles. The van der Waals surface area contributed by atoms with Gasteiger partial charge in [-0.05, 0) is 36.1 Å². The van der Waals surface area contributed by atoms with Gasteiger partial charge in [0.15, 0.2) is 17.5 Å². The zero-order valence-corrected chi connectivity index (χ0v) is 21.9. The second kappa shape index (κ2) is 15.7. The Hall–Kier alpha value is -2.04. The molecule has 3 rings (SSSR count). The van der Waals surface area contributed by atoms with Crippen LogP contribution >= 0.6 is 24.0 Å². The SMILES string of the molecule is CN=C(NCCCOCC1CCOC1)NCc1ccc(OCc2ccccc2)c(OC)c1.I. The Balaban J connectivity index is 0.00000385. The molecule has 0 amide bonds. The average molecular weight is 569 g/mol. The Morgan fingerprint density at radius 2 is 1.94 bits per heavy atom. The lowest BCUT2D eigenvalue weighted by Crippen LogP contribution is -2.37. The molecule has 7 nitrogen and oxygen atoms in total. The summed E-state index contributed by atoms with van der Waals surface area (Å²) in [6, 6.07) is 16.1. The Bertz CT molecular complexity index is 830. The first-order valence-corrected chi connectivity index (χ1v) is 11.2. The van der Waals surface area contributed by atoms with Crippen LogP contribution in [0.1, 0.15) is 24.0 Å². The van der Waals surface area contributed by atoms with Gasteiger partial charge in [0, 0.05) is 39.3 Å². The van der Waals surface area contributed by atoms with E-state index in [9.17, 15) is 0 Å². The van der Waals surface area contributed by atoms with E-state index in [1.807, 2.05) is 48.5 Å². The number of halogens is 1. The third kappa shape index (κ3) is 9.77. The molecule has 33 heavy (non-hydrogen) atoms. The van der Waals surface area contributed by atoms with Crippen molar-refractivity contribution in [2.45, 2.75) is 26.0 Å². The Labute approximate surface area is 214 Å². The van der Waals surface area contributed by atoms with Gasteiger partial charge >= 0.3 is 0 Å². The van der Waals surface area contributed by atoms with E-state index in [-0.39, 0.29) is 24.0 Å². The number of methoxy groups -OCH3 is 1. The van der Waals surface area contributed by atoms with E-state index in [1.165, 1.54) is 0 Å². The lowest BCUT2D eigenvalue weighted by molar-refractivity contribution is 0.0888. The molecule has 0 bridgehead atoms. The summed E-state index contributed by atoms with van der Waals surface area (Å²) in [5, 5.41) is 6.66. The van der Waals surface area contributed by atoms with Gasteiger partial charge in [-0.1, -0.05) is 36.4 Å². The minimum Gasteiger partial charge on any atom is -0.493 e. The molecule has 1 atom stereocenters. The van der Waals surface area contributed by atoms with Crippen LogP contribution in [-0.2, 0) is 22.6 Å². The Kier molecular flexibility index (Phi) is 13.0. The molecule has 0 spiro atoms. The van der Waals surface area contributed by atoms with E-state index < -0.39 is 0 Å². The van der Waals surface area contributed by atoms with Gasteiger partial charge in [0.2, 0.25) is 0 Å². The van der Waals surface area contributed by atoms with E-state index in [1.54, 1.807) is 14.2 Å². The summed E-state index contributed by atoms with van der Waals surface area (Å²) >= 11 is 0. The summed E-state index contributed by atoms with van der Waals surface area (Å²) in [7, 11) is 3.43. The fourth-order valence-electron chi connectivity index (χ4n) is 3.43. The molecular weight excluding hydrogens is 533 g/mol. The van der Waals surface area contributed by atoms with Crippen LogP contribution in [0.5, 0.6) is 11.5 Å². The maximum Gasteiger partial charge on any atom is 0.191 e. The highest BCUT2D eigenvalue weighted by molar-refractivity contribution is 14.0. The van der Waals surface area contributed by atoms with Gasteiger partial charge in [0.05, 0.1) is 20.3 Å². The van der Waals surface area contributed by atoms with Gasteiger partial charge in [0.25, 0.3) is 0 Å². The molecule has 2 aromatic carbocycles. The number of ether oxygens (including phenoxy) is 4. The summed E-state index contributed by atoms with van der Waals surface area (Å²) < 4.78 is 22.6. The average Bonchev–Trinajstić information content (AvgIpc) is 3.36. The number of nitrogens with one attached hydrogen (secondary N) is 2. The minimum atomic E-state index is 0. The van der Waals surface area contributed by atoms with E-state index in [0.717, 1.165) is 68.6 Å². The van der Waals surface area contributed by atoms with E-state index in [4.69, 9.17) is 18.9 Å². The topological polar surface area (TPSA) is 73.3 Å². The third-order valence-corrected chi connectivity index (χ3v) is 5.28. The third-order valence-electron chi connectivity index (χ3n) is 5.28. The Morgan fingerprint density at radius 3 is 2.67 bits per heavy atom. The first-order chi connectivity index (χ1) is 15.8. The van der Waals surface area contributed by atoms with Crippen LogP contribution in [0.2, 0.25) is 0 Å². The van der Waals surface area contributed by atoms with Gasteiger partial charge < -0.3 is 29.6 Å². The van der Waals surface area contributed by atoms with Crippen molar-refractivity contribution in [3.63, 3.8) is 0 Å². The molecule has 1 unspecified atom stereocenters. The van der Waals surface area contributed by atoms with Gasteiger partial charge in [0.1, 0.15) is 6.61 Å².